The van der Waals surface area contributed by atoms with Crippen molar-refractivity contribution < 1.29 is 90.4 Å². The van der Waals surface area contributed by atoms with Crippen molar-refractivity contribution in [1.29, 1.82) is 0 Å². The average molecular weight is 723 g/mol. The highest BCUT2D eigenvalue weighted by Crippen LogP contribution is 2.60. The molecule has 0 saturated carbocycles. The normalized spacial score (nSPS) is 14.0. The fraction of sp³-hybridized carbons (Fsp3) is 0.481. The summed E-state index contributed by atoms with van der Waals surface area (Å²) in [5, 5.41) is 9.15. The lowest BCUT2D eigenvalue weighted by Gasteiger charge is -2.40. The quantitative estimate of drug-likeness (QED) is 0.181. The number of ether oxygens (including phenoxy) is 3. The van der Waals surface area contributed by atoms with Gasteiger partial charge in [-0.3, -0.25) is 4.90 Å². The van der Waals surface area contributed by atoms with E-state index in [9.17, 15) is 71.1 Å². The first kappa shape index (κ1) is 40.1. The van der Waals surface area contributed by atoms with Crippen LogP contribution in [0.4, 0.5) is 66.3 Å². The predicted molar refractivity (Wildman–Crippen MR) is 133 cm³/mol. The molecular formula is C27H23F14NO6. The summed E-state index contributed by atoms with van der Waals surface area (Å²) >= 11 is 0. The van der Waals surface area contributed by atoms with Gasteiger partial charge in [-0.2, -0.15) is 57.1 Å². The second-order valence-corrected chi connectivity index (χ2v) is 9.73. The maximum absolute atomic E-state index is 14.6. The number of carboxylic acid groups (broad SMARTS) is 1. The van der Waals surface area contributed by atoms with Crippen LogP contribution in [0, 0.1) is 5.82 Å². The highest BCUT2D eigenvalue weighted by molar-refractivity contribution is 5.72. The predicted octanol–water partition coefficient (Wildman–Crippen LogP) is 7.48. The number of carbonyl (C=O) groups excluding carboxylic acids is 1. The average Bonchev–Trinajstić information content (AvgIpc) is 2.96. The van der Waals surface area contributed by atoms with Gasteiger partial charge in [0.15, 0.2) is 6.10 Å². The van der Waals surface area contributed by atoms with Crippen molar-refractivity contribution in [3.8, 4) is 11.5 Å². The second kappa shape index (κ2) is 14.6. The molecule has 2 rings (SSSR count). The van der Waals surface area contributed by atoms with Gasteiger partial charge in [0.05, 0.1) is 13.1 Å². The van der Waals surface area contributed by atoms with Crippen molar-refractivity contribution in [2.75, 3.05) is 26.3 Å². The summed E-state index contributed by atoms with van der Waals surface area (Å²) in [6, 6.07) is 7.90. The van der Waals surface area contributed by atoms with Crippen LogP contribution in [0.1, 0.15) is 12.5 Å². The van der Waals surface area contributed by atoms with Crippen LogP contribution in [-0.2, 0) is 16.0 Å². The van der Waals surface area contributed by atoms with Gasteiger partial charge in [0, 0.05) is 19.1 Å². The Hall–Kier alpha value is -4.04. The molecule has 0 heterocycles. The molecule has 0 bridgehead atoms. The first-order valence-corrected chi connectivity index (χ1v) is 13.1. The lowest BCUT2D eigenvalue weighted by molar-refractivity contribution is -0.440. The van der Waals surface area contributed by atoms with E-state index >= 15 is 0 Å². The zero-order chi connectivity index (χ0) is 36.9. The molecule has 1 atom stereocenters. The number of amides is 1. The van der Waals surface area contributed by atoms with Crippen LogP contribution in [0.5, 0.6) is 11.5 Å². The summed E-state index contributed by atoms with van der Waals surface area (Å²) in [7, 11) is 0. The fourth-order valence-electron chi connectivity index (χ4n) is 3.70. The number of benzene rings is 2. The number of halogens is 14. The number of alkyl halides is 13. The molecule has 0 fully saturated rings. The number of rotatable bonds is 16. The minimum atomic E-state index is -8.14. The van der Waals surface area contributed by atoms with Gasteiger partial charge < -0.3 is 19.3 Å². The lowest BCUT2D eigenvalue weighted by atomic mass is 9.93. The van der Waals surface area contributed by atoms with Crippen LogP contribution >= 0.6 is 0 Å². The fourth-order valence-corrected chi connectivity index (χ4v) is 3.70. The summed E-state index contributed by atoms with van der Waals surface area (Å²) in [6.07, 6.45) is -11.1. The van der Waals surface area contributed by atoms with Crippen molar-refractivity contribution in [3.63, 3.8) is 0 Å². The van der Waals surface area contributed by atoms with Crippen molar-refractivity contribution in [3.05, 3.63) is 59.9 Å². The molecule has 1 unspecified atom stereocenters. The van der Waals surface area contributed by atoms with Gasteiger partial charge in [0.1, 0.15) is 23.9 Å². The molecule has 0 radical (unpaired) electrons. The Morgan fingerprint density at radius 3 is 1.85 bits per heavy atom. The van der Waals surface area contributed by atoms with Gasteiger partial charge in [-0.25, -0.2) is 14.0 Å². The minimum absolute atomic E-state index is 0.0569. The molecule has 21 heteroatoms. The number of aliphatic carboxylic acids is 1. The Labute approximate surface area is 260 Å². The Bertz CT molecular complexity index is 1400. The van der Waals surface area contributed by atoms with Crippen LogP contribution in [0.3, 0.4) is 0 Å². The van der Waals surface area contributed by atoms with Crippen LogP contribution < -0.4 is 9.47 Å². The molecule has 7 nitrogen and oxygen atoms in total. The smallest absolute Gasteiger partial charge is 0.460 e. The topological polar surface area (TPSA) is 85.3 Å². The molecule has 0 saturated heterocycles. The Balaban J connectivity index is 2.34. The first-order valence-electron chi connectivity index (χ1n) is 13.1. The number of carbonyl (C=O) groups is 2. The van der Waals surface area contributed by atoms with Crippen LogP contribution in [0.15, 0.2) is 48.5 Å². The zero-order valence-electron chi connectivity index (χ0n) is 24.0. The third-order valence-corrected chi connectivity index (χ3v) is 6.26. The molecule has 0 spiro atoms. The van der Waals surface area contributed by atoms with E-state index in [-0.39, 0.29) is 18.8 Å². The van der Waals surface area contributed by atoms with E-state index in [1.165, 1.54) is 31.2 Å². The molecule has 0 aliphatic carbocycles. The van der Waals surface area contributed by atoms with E-state index in [1.807, 2.05) is 0 Å². The minimum Gasteiger partial charge on any atom is -0.492 e. The molecular weight excluding hydrogens is 700 g/mol. The van der Waals surface area contributed by atoms with Gasteiger partial charge in [0.2, 0.25) is 0 Å². The maximum atomic E-state index is 14.6. The Morgan fingerprint density at radius 1 is 0.792 bits per heavy atom. The van der Waals surface area contributed by atoms with E-state index in [1.54, 1.807) is 0 Å². The van der Waals surface area contributed by atoms with E-state index in [4.69, 9.17) is 14.6 Å². The molecule has 1 N–H and O–H groups in total. The number of nitrogens with zero attached hydrogens (tertiary/aromatic N) is 1. The Morgan fingerprint density at radius 2 is 1.35 bits per heavy atom. The third-order valence-electron chi connectivity index (χ3n) is 6.26. The lowest BCUT2D eigenvalue weighted by Crippen LogP contribution is -2.71. The van der Waals surface area contributed by atoms with E-state index in [2.05, 4.69) is 4.74 Å². The van der Waals surface area contributed by atoms with Gasteiger partial charge in [-0.05, 0) is 36.8 Å². The molecule has 0 aliphatic heterocycles. The molecule has 0 aromatic heterocycles. The van der Waals surface area contributed by atoms with Crippen molar-refractivity contribution >= 4 is 12.1 Å². The van der Waals surface area contributed by atoms with Gasteiger partial charge in [-0.15, -0.1) is 0 Å². The van der Waals surface area contributed by atoms with E-state index in [0.717, 1.165) is 18.2 Å². The SMILES string of the molecule is CCOC(Cc1ccc(OCCN(CC(F)(F)C(F)(F)C(F)(F)C(F)(F)C(F)(F)C(F)(F)F)C(=O)Oc2cccc(F)c2)cc1)C(=O)O. The largest absolute Gasteiger partial charge is 0.492 e. The summed E-state index contributed by atoms with van der Waals surface area (Å²) in [4.78, 5) is 23.2. The zero-order valence-corrected chi connectivity index (χ0v) is 24.0. The second-order valence-electron chi connectivity index (χ2n) is 9.73. The molecule has 2 aromatic rings. The highest BCUT2D eigenvalue weighted by Gasteiger charge is 2.90. The Kier molecular flexibility index (Phi) is 12.2. The van der Waals surface area contributed by atoms with Crippen molar-refractivity contribution in [2.45, 2.75) is 55.2 Å². The van der Waals surface area contributed by atoms with E-state index < -0.39 is 90.1 Å². The summed E-state index contributed by atoms with van der Waals surface area (Å²) < 4.78 is 205. The molecule has 2 aromatic carbocycles. The molecule has 0 aliphatic rings. The first-order chi connectivity index (χ1) is 21.8. The number of hydrogen-bond acceptors (Lipinski definition) is 5. The highest BCUT2D eigenvalue weighted by atomic mass is 19.4. The van der Waals surface area contributed by atoms with Crippen LogP contribution in [0.25, 0.3) is 0 Å². The van der Waals surface area contributed by atoms with Crippen molar-refractivity contribution in [1.82, 2.24) is 4.90 Å². The summed E-state index contributed by atoms with van der Waals surface area (Å²) in [6.45, 7) is -3.79. The monoisotopic (exact) mass is 723 g/mol. The van der Waals surface area contributed by atoms with Gasteiger partial charge >= 0.3 is 47.9 Å². The van der Waals surface area contributed by atoms with Crippen LogP contribution in [0.2, 0.25) is 0 Å². The maximum Gasteiger partial charge on any atom is 0.460 e. The summed E-state index contributed by atoms with van der Waals surface area (Å²) in [5.74, 6) is -41.8. The van der Waals surface area contributed by atoms with Gasteiger partial charge in [0.25, 0.3) is 0 Å². The van der Waals surface area contributed by atoms with Crippen LogP contribution in [-0.4, -0.2) is 90.3 Å². The van der Waals surface area contributed by atoms with Gasteiger partial charge in [-0.1, -0.05) is 18.2 Å². The standard InChI is InChI=1S/C27H23F14NO6/c1-2-46-19(20(43)44)12-15-6-8-17(9-7-15)47-11-10-42(21(45)48-18-5-3-4-16(28)13-18)14-22(29,30)23(31,32)24(33,34)25(35,36)26(37,38)27(39,40)41/h3-9,13,19H,2,10-12,14H2,1H3,(H,43,44). The van der Waals surface area contributed by atoms with E-state index in [0.29, 0.717) is 11.6 Å². The van der Waals surface area contributed by atoms with Crippen molar-refractivity contribution in [2.24, 2.45) is 0 Å². The summed E-state index contributed by atoms with van der Waals surface area (Å²) in [5.41, 5.74) is 0.374. The third kappa shape index (κ3) is 8.51. The number of hydrogen-bond donors (Lipinski definition) is 1. The number of carboxylic acids is 1. The molecule has 48 heavy (non-hydrogen) atoms. The molecule has 1 amide bonds. The molecule has 270 valence electrons.